The van der Waals surface area contributed by atoms with Gasteiger partial charge in [0.2, 0.25) is 0 Å². The number of hydrogen-bond acceptors (Lipinski definition) is 3. The molecule has 0 radical (unpaired) electrons. The average Bonchev–Trinajstić information content (AvgIpc) is 2.09. The molecule has 0 spiro atoms. The highest BCUT2D eigenvalue weighted by Gasteiger charge is 2.36. The quantitative estimate of drug-likeness (QED) is 0.521. The minimum absolute atomic E-state index is 0.317. The van der Waals surface area contributed by atoms with Crippen LogP contribution in [0.15, 0.2) is 0 Å². The highest BCUT2D eigenvalue weighted by Crippen LogP contribution is 2.36. The summed E-state index contributed by atoms with van der Waals surface area (Å²) in [5.74, 6) is 0. The van der Waals surface area contributed by atoms with Gasteiger partial charge in [-0.3, -0.25) is 0 Å². The molecule has 0 unspecified atom stereocenters. The van der Waals surface area contributed by atoms with Crippen LogP contribution >= 0.6 is 0 Å². The van der Waals surface area contributed by atoms with E-state index in [0.717, 1.165) is 26.1 Å². The van der Waals surface area contributed by atoms with Crippen LogP contribution in [0.25, 0.3) is 0 Å². The van der Waals surface area contributed by atoms with Gasteiger partial charge < -0.3 is 15.5 Å². The van der Waals surface area contributed by atoms with Gasteiger partial charge >= 0.3 is 0 Å². The Balaban J connectivity index is 3.58. The molecule has 4 heteroatoms. The van der Waals surface area contributed by atoms with E-state index in [1.54, 1.807) is 0 Å². The monoisotopic (exact) mass is 232 g/mol. The minimum Gasteiger partial charge on any atom is -0.417 e. The Morgan fingerprint density at radius 3 is 2.27 bits per heavy atom. The molecule has 0 amide bonds. The van der Waals surface area contributed by atoms with Crippen LogP contribution in [0.2, 0.25) is 18.1 Å². The molecular formula is C11H28N2OSi. The van der Waals surface area contributed by atoms with E-state index in [0.29, 0.717) is 11.6 Å². The molecule has 0 aliphatic heterocycles. The molecular weight excluding hydrogens is 204 g/mol. The van der Waals surface area contributed by atoms with Gasteiger partial charge in [0.05, 0.1) is 0 Å². The van der Waals surface area contributed by atoms with E-state index < -0.39 is 8.32 Å². The van der Waals surface area contributed by atoms with Crippen LogP contribution in [0, 0.1) is 0 Å². The fraction of sp³-hybridized carbons (Fsp3) is 1.00. The molecule has 0 fully saturated rings. The maximum Gasteiger partial charge on any atom is 0.191 e. The van der Waals surface area contributed by atoms with Gasteiger partial charge in [0.15, 0.2) is 8.32 Å². The second-order valence-corrected chi connectivity index (χ2v) is 10.3. The summed E-state index contributed by atoms with van der Waals surface area (Å²) >= 11 is 0. The van der Waals surface area contributed by atoms with Gasteiger partial charge in [0.25, 0.3) is 0 Å². The summed E-state index contributed by atoms with van der Waals surface area (Å²) in [4.78, 5) is 0. The lowest BCUT2D eigenvalue weighted by atomic mass is 10.2. The Morgan fingerprint density at radius 2 is 1.80 bits per heavy atom. The summed E-state index contributed by atoms with van der Waals surface area (Å²) in [5.41, 5.74) is 5.38. The predicted molar refractivity (Wildman–Crippen MR) is 69.7 cm³/mol. The summed E-state index contributed by atoms with van der Waals surface area (Å²) in [5, 5.41) is 3.59. The molecule has 0 saturated heterocycles. The van der Waals surface area contributed by atoms with Crippen molar-refractivity contribution in [3.63, 3.8) is 0 Å². The van der Waals surface area contributed by atoms with Gasteiger partial charge in [-0.1, -0.05) is 20.8 Å². The summed E-state index contributed by atoms with van der Waals surface area (Å²) in [6, 6.07) is 0. The molecule has 0 heterocycles. The Labute approximate surface area is 95.9 Å². The third-order valence-corrected chi connectivity index (χ3v) is 7.63. The number of rotatable bonds is 7. The molecule has 0 aromatic carbocycles. The molecule has 0 bridgehead atoms. The van der Waals surface area contributed by atoms with Crippen LogP contribution in [-0.4, -0.2) is 34.6 Å². The van der Waals surface area contributed by atoms with E-state index in [-0.39, 0.29) is 0 Å². The van der Waals surface area contributed by atoms with Crippen molar-refractivity contribution in [2.75, 3.05) is 26.2 Å². The second kappa shape index (κ2) is 6.63. The van der Waals surface area contributed by atoms with Crippen molar-refractivity contribution in [1.29, 1.82) is 0 Å². The zero-order valence-electron chi connectivity index (χ0n) is 11.0. The van der Waals surface area contributed by atoms with Gasteiger partial charge in [0.1, 0.15) is 0 Å². The van der Waals surface area contributed by atoms with E-state index in [9.17, 15) is 0 Å². The van der Waals surface area contributed by atoms with Crippen molar-refractivity contribution in [3.8, 4) is 0 Å². The number of nitrogens with one attached hydrogen (secondary N) is 1. The third kappa shape index (κ3) is 6.30. The smallest absolute Gasteiger partial charge is 0.191 e. The SMILES string of the molecule is CC(C)(C)[Si](C)(C)OCCCNCCN. The summed E-state index contributed by atoms with van der Waals surface area (Å²) in [7, 11) is -1.53. The Kier molecular flexibility index (Phi) is 6.67. The van der Waals surface area contributed by atoms with Crippen molar-refractivity contribution < 1.29 is 4.43 Å². The molecule has 0 rings (SSSR count). The second-order valence-electron chi connectivity index (χ2n) is 5.50. The first-order chi connectivity index (χ1) is 6.81. The molecule has 0 aromatic heterocycles. The van der Waals surface area contributed by atoms with Crippen LogP contribution in [0.4, 0.5) is 0 Å². The topological polar surface area (TPSA) is 47.3 Å². The average molecular weight is 232 g/mol. The maximum absolute atomic E-state index is 6.04. The van der Waals surface area contributed by atoms with Crippen molar-refractivity contribution in [2.24, 2.45) is 5.73 Å². The lowest BCUT2D eigenvalue weighted by molar-refractivity contribution is 0.281. The molecule has 3 nitrogen and oxygen atoms in total. The normalized spacial score (nSPS) is 13.2. The predicted octanol–water partition coefficient (Wildman–Crippen LogP) is 1.95. The van der Waals surface area contributed by atoms with Crippen LogP contribution in [0.5, 0.6) is 0 Å². The van der Waals surface area contributed by atoms with Crippen molar-refractivity contribution >= 4 is 8.32 Å². The first-order valence-corrected chi connectivity index (χ1v) is 8.77. The van der Waals surface area contributed by atoms with Gasteiger partial charge in [-0.2, -0.15) is 0 Å². The van der Waals surface area contributed by atoms with Gasteiger partial charge in [0, 0.05) is 19.7 Å². The van der Waals surface area contributed by atoms with Gasteiger partial charge in [-0.15, -0.1) is 0 Å². The summed E-state index contributed by atoms with van der Waals surface area (Å²) in [6.45, 7) is 14.9. The van der Waals surface area contributed by atoms with Crippen LogP contribution in [0.3, 0.4) is 0 Å². The highest BCUT2D eigenvalue weighted by molar-refractivity contribution is 6.74. The Bertz CT molecular complexity index is 166. The zero-order valence-corrected chi connectivity index (χ0v) is 12.0. The molecule has 0 aromatic rings. The van der Waals surface area contributed by atoms with Crippen LogP contribution < -0.4 is 11.1 Å². The minimum atomic E-state index is -1.53. The van der Waals surface area contributed by atoms with Crippen molar-refractivity contribution in [1.82, 2.24) is 5.32 Å². The summed E-state index contributed by atoms with van der Waals surface area (Å²) < 4.78 is 6.04. The van der Waals surface area contributed by atoms with Crippen molar-refractivity contribution in [3.05, 3.63) is 0 Å². The lowest BCUT2D eigenvalue weighted by Gasteiger charge is -2.36. The standard InChI is InChI=1S/C11H28N2OSi/c1-11(2,3)15(4,5)14-10-6-8-13-9-7-12/h13H,6-10,12H2,1-5H3. The Hall–Kier alpha value is 0.0969. The van der Waals surface area contributed by atoms with Crippen molar-refractivity contribution in [2.45, 2.75) is 45.3 Å². The van der Waals surface area contributed by atoms with E-state index in [4.69, 9.17) is 10.2 Å². The van der Waals surface area contributed by atoms with E-state index >= 15 is 0 Å². The van der Waals surface area contributed by atoms with Gasteiger partial charge in [-0.05, 0) is 31.1 Å². The zero-order chi connectivity index (χ0) is 11.9. The molecule has 3 N–H and O–H groups in total. The largest absolute Gasteiger partial charge is 0.417 e. The molecule has 0 aliphatic carbocycles. The molecule has 92 valence electrons. The number of nitrogens with two attached hydrogens (primary N) is 1. The van der Waals surface area contributed by atoms with Crippen LogP contribution in [0.1, 0.15) is 27.2 Å². The summed E-state index contributed by atoms with van der Waals surface area (Å²) in [6.07, 6.45) is 1.08. The number of hydrogen-bond donors (Lipinski definition) is 2. The first kappa shape index (κ1) is 15.1. The van der Waals surface area contributed by atoms with E-state index in [2.05, 4.69) is 39.2 Å². The fourth-order valence-corrected chi connectivity index (χ4v) is 2.06. The molecule has 15 heavy (non-hydrogen) atoms. The van der Waals surface area contributed by atoms with Crippen LogP contribution in [-0.2, 0) is 4.43 Å². The van der Waals surface area contributed by atoms with Gasteiger partial charge in [-0.25, -0.2) is 0 Å². The maximum atomic E-state index is 6.04. The lowest BCUT2D eigenvalue weighted by Crippen LogP contribution is -2.41. The van der Waals surface area contributed by atoms with E-state index in [1.807, 2.05) is 0 Å². The van der Waals surface area contributed by atoms with E-state index in [1.165, 1.54) is 0 Å². The molecule has 0 atom stereocenters. The fourth-order valence-electron chi connectivity index (χ4n) is 0.968. The Morgan fingerprint density at radius 1 is 1.20 bits per heavy atom. The first-order valence-electron chi connectivity index (χ1n) is 5.86. The third-order valence-electron chi connectivity index (χ3n) is 3.09. The molecule has 0 aliphatic rings. The highest BCUT2D eigenvalue weighted by atomic mass is 28.4. The molecule has 0 saturated carbocycles.